The predicted molar refractivity (Wildman–Crippen MR) is 128 cm³/mol. The first kappa shape index (κ1) is 23.4. The highest BCUT2D eigenvalue weighted by Gasteiger charge is 2.25. The molecule has 1 heterocycles. The summed E-state index contributed by atoms with van der Waals surface area (Å²) in [6.07, 6.45) is 6.95. The molecule has 0 unspecified atom stereocenters. The number of carbonyl (C=O) groups excluding carboxylic acids is 1. The molecule has 0 radical (unpaired) electrons. The molecule has 10 heteroatoms. The van der Waals surface area contributed by atoms with Crippen LogP contribution < -0.4 is 14.8 Å². The lowest BCUT2D eigenvalue weighted by molar-refractivity contribution is -0.385. The largest absolute Gasteiger partial charge is 0.493 e. The second kappa shape index (κ2) is 9.89. The predicted octanol–water partition coefficient (Wildman–Crippen LogP) is 4.89. The van der Waals surface area contributed by atoms with Gasteiger partial charge in [0.2, 0.25) is 0 Å². The van der Waals surface area contributed by atoms with E-state index < -0.39 is 4.92 Å². The Labute approximate surface area is 197 Å². The van der Waals surface area contributed by atoms with Crippen LogP contribution in [0, 0.1) is 36.3 Å². The van der Waals surface area contributed by atoms with Gasteiger partial charge in [-0.15, -0.1) is 6.42 Å². The minimum absolute atomic E-state index is 0.0222. The van der Waals surface area contributed by atoms with Crippen molar-refractivity contribution in [2.75, 3.05) is 13.7 Å². The van der Waals surface area contributed by atoms with Crippen molar-refractivity contribution in [3.05, 3.63) is 60.4 Å². The van der Waals surface area contributed by atoms with E-state index in [-0.39, 0.29) is 18.2 Å². The number of hydrogen-bond donors (Lipinski definition) is 1. The van der Waals surface area contributed by atoms with Crippen LogP contribution in [0.1, 0.15) is 16.7 Å². The molecule has 164 valence electrons. The molecule has 1 N–H and O–H groups in total. The summed E-state index contributed by atoms with van der Waals surface area (Å²) in [6, 6.07) is 6.62. The summed E-state index contributed by atoms with van der Waals surface area (Å²) < 4.78 is 11.7. The van der Waals surface area contributed by atoms with Gasteiger partial charge in [0.1, 0.15) is 6.61 Å². The van der Waals surface area contributed by atoms with E-state index in [0.29, 0.717) is 38.4 Å². The van der Waals surface area contributed by atoms with E-state index >= 15 is 0 Å². The van der Waals surface area contributed by atoms with Gasteiger partial charge in [-0.05, 0) is 55.4 Å². The lowest BCUT2D eigenvalue weighted by Crippen LogP contribution is -2.19. The summed E-state index contributed by atoms with van der Waals surface area (Å²) in [7, 11) is 1.51. The number of amidine groups is 1. The Balaban J connectivity index is 1.97. The van der Waals surface area contributed by atoms with E-state index in [4.69, 9.17) is 15.9 Å². The minimum atomic E-state index is -0.448. The number of methoxy groups -OCH3 is 1. The first-order chi connectivity index (χ1) is 15.2. The Morgan fingerprint density at radius 1 is 1.34 bits per heavy atom. The molecule has 1 fully saturated rings. The number of amides is 1. The topological polar surface area (TPSA) is 103 Å². The number of aliphatic imine (C=N–C) groups is 1. The first-order valence-corrected chi connectivity index (χ1v) is 10.8. The molecular formula is C22H18BrN3O5S. The fourth-order valence-corrected chi connectivity index (χ4v) is 4.22. The summed E-state index contributed by atoms with van der Waals surface area (Å²) in [5.41, 5.74) is 2.26. The third-order valence-electron chi connectivity index (χ3n) is 4.56. The van der Waals surface area contributed by atoms with E-state index in [1.165, 1.54) is 13.2 Å². The number of carbonyl (C=O) groups is 1. The van der Waals surface area contributed by atoms with Crippen molar-refractivity contribution in [1.82, 2.24) is 5.32 Å². The minimum Gasteiger partial charge on any atom is -0.493 e. The van der Waals surface area contributed by atoms with Gasteiger partial charge in [-0.2, -0.15) is 0 Å². The Hall–Kier alpha value is -3.29. The number of nitro groups is 1. The van der Waals surface area contributed by atoms with Crippen LogP contribution in [-0.2, 0) is 4.79 Å². The zero-order valence-electron chi connectivity index (χ0n) is 17.4. The van der Waals surface area contributed by atoms with E-state index in [1.54, 1.807) is 38.1 Å². The Morgan fingerprint density at radius 3 is 2.75 bits per heavy atom. The van der Waals surface area contributed by atoms with Crippen LogP contribution in [0.3, 0.4) is 0 Å². The van der Waals surface area contributed by atoms with Crippen molar-refractivity contribution in [2.45, 2.75) is 13.8 Å². The van der Waals surface area contributed by atoms with Gasteiger partial charge in [0.25, 0.3) is 11.6 Å². The SMILES string of the molecule is C#CCOc1c(/C=C2\SC(=Nc3cc(C)c(C)c([N+](=O)[O-])c3)NC2=O)cc(Br)cc1OC. The molecule has 1 amide bonds. The van der Waals surface area contributed by atoms with Gasteiger partial charge in [-0.25, -0.2) is 4.99 Å². The van der Waals surface area contributed by atoms with Crippen molar-refractivity contribution in [3.63, 3.8) is 0 Å². The first-order valence-electron chi connectivity index (χ1n) is 9.22. The van der Waals surface area contributed by atoms with Crippen LogP contribution in [0.5, 0.6) is 11.5 Å². The molecule has 0 spiro atoms. The van der Waals surface area contributed by atoms with Gasteiger partial charge >= 0.3 is 0 Å². The van der Waals surface area contributed by atoms with E-state index in [0.717, 1.165) is 21.8 Å². The Morgan fingerprint density at radius 2 is 2.09 bits per heavy atom. The molecule has 8 nitrogen and oxygen atoms in total. The van der Waals surface area contributed by atoms with Crippen LogP contribution in [-0.4, -0.2) is 29.7 Å². The number of ether oxygens (including phenoxy) is 2. The number of nitrogens with zero attached hydrogens (tertiary/aromatic N) is 2. The van der Waals surface area contributed by atoms with Crippen molar-refractivity contribution in [2.24, 2.45) is 4.99 Å². The number of rotatable bonds is 6. The fraction of sp³-hybridized carbons (Fsp3) is 0.182. The number of benzene rings is 2. The highest BCUT2D eigenvalue weighted by Crippen LogP contribution is 2.38. The second-order valence-corrected chi connectivity index (χ2v) is 8.61. The number of thioether (sulfide) groups is 1. The average molecular weight is 516 g/mol. The van der Waals surface area contributed by atoms with Gasteiger partial charge < -0.3 is 14.8 Å². The van der Waals surface area contributed by atoms with E-state index in [9.17, 15) is 14.9 Å². The summed E-state index contributed by atoms with van der Waals surface area (Å²) in [5, 5.41) is 14.3. The van der Waals surface area contributed by atoms with Crippen molar-refractivity contribution in [3.8, 4) is 23.8 Å². The van der Waals surface area contributed by atoms with Crippen LogP contribution in [0.25, 0.3) is 6.08 Å². The lowest BCUT2D eigenvalue weighted by atomic mass is 10.1. The standard InChI is InChI=1S/C22H18BrN3O5S/c1-5-6-31-20-14(8-15(23)10-18(20)30-4)9-19-21(27)25-22(32-19)24-16-7-12(2)13(3)17(11-16)26(28)29/h1,7-11H,6H2,2-4H3,(H,24,25,27)/b19-9-. The summed E-state index contributed by atoms with van der Waals surface area (Å²) in [4.78, 5) is 28.1. The van der Waals surface area contributed by atoms with Gasteiger partial charge in [-0.3, -0.25) is 14.9 Å². The third-order valence-corrected chi connectivity index (χ3v) is 5.93. The molecule has 2 aromatic carbocycles. The molecule has 1 aliphatic rings. The maximum absolute atomic E-state index is 12.5. The fourth-order valence-electron chi connectivity index (χ4n) is 2.93. The summed E-state index contributed by atoms with van der Waals surface area (Å²) in [6.45, 7) is 3.49. The zero-order valence-corrected chi connectivity index (χ0v) is 19.8. The van der Waals surface area contributed by atoms with Crippen LogP contribution in [0.4, 0.5) is 11.4 Å². The molecule has 1 aliphatic heterocycles. The van der Waals surface area contributed by atoms with E-state index in [2.05, 4.69) is 32.2 Å². The molecular weight excluding hydrogens is 498 g/mol. The van der Waals surface area contributed by atoms with Crippen molar-refractivity contribution in [1.29, 1.82) is 0 Å². The summed E-state index contributed by atoms with van der Waals surface area (Å²) >= 11 is 4.53. The van der Waals surface area contributed by atoms with Gasteiger partial charge in [0, 0.05) is 21.7 Å². The van der Waals surface area contributed by atoms with Crippen LogP contribution >= 0.6 is 27.7 Å². The zero-order chi connectivity index (χ0) is 23.4. The maximum Gasteiger partial charge on any atom is 0.274 e. The molecule has 0 saturated carbocycles. The number of aryl methyl sites for hydroxylation is 1. The van der Waals surface area contributed by atoms with Crippen LogP contribution in [0.15, 0.2) is 38.6 Å². The third kappa shape index (κ3) is 5.12. The van der Waals surface area contributed by atoms with Gasteiger partial charge in [0.15, 0.2) is 16.7 Å². The lowest BCUT2D eigenvalue weighted by Gasteiger charge is -2.12. The number of hydrogen-bond acceptors (Lipinski definition) is 7. The second-order valence-electron chi connectivity index (χ2n) is 6.66. The Kier molecular flexibility index (Phi) is 7.22. The molecule has 2 aromatic rings. The maximum atomic E-state index is 12.5. The van der Waals surface area contributed by atoms with Gasteiger partial charge in [0.05, 0.1) is 22.6 Å². The number of nitrogens with one attached hydrogen (secondary N) is 1. The highest BCUT2D eigenvalue weighted by molar-refractivity contribution is 9.10. The van der Waals surface area contributed by atoms with Crippen LogP contribution in [0.2, 0.25) is 0 Å². The number of halogens is 1. The Bertz CT molecular complexity index is 1220. The van der Waals surface area contributed by atoms with Crippen molar-refractivity contribution < 1.29 is 19.2 Å². The smallest absolute Gasteiger partial charge is 0.274 e. The monoisotopic (exact) mass is 515 g/mol. The number of nitro benzene ring substituents is 1. The molecule has 32 heavy (non-hydrogen) atoms. The molecule has 0 atom stereocenters. The molecule has 0 aliphatic carbocycles. The molecule has 0 bridgehead atoms. The highest BCUT2D eigenvalue weighted by atomic mass is 79.9. The molecule has 1 saturated heterocycles. The van der Waals surface area contributed by atoms with Gasteiger partial charge in [-0.1, -0.05) is 21.9 Å². The average Bonchev–Trinajstić information content (AvgIpc) is 3.07. The quantitative estimate of drug-likeness (QED) is 0.254. The molecule has 0 aromatic heterocycles. The van der Waals surface area contributed by atoms with Crippen molar-refractivity contribution >= 4 is 56.2 Å². The number of terminal acetylenes is 1. The summed E-state index contributed by atoms with van der Waals surface area (Å²) in [5.74, 6) is 2.92. The normalized spacial score (nSPS) is 15.5. The van der Waals surface area contributed by atoms with E-state index in [1.807, 2.05) is 0 Å². The molecule has 3 rings (SSSR count).